The van der Waals surface area contributed by atoms with Crippen LogP contribution in [-0.4, -0.2) is 17.5 Å². The summed E-state index contributed by atoms with van der Waals surface area (Å²) in [4.78, 5) is 21.4. The number of esters is 1. The lowest BCUT2D eigenvalue weighted by Gasteiger charge is -2.12. The van der Waals surface area contributed by atoms with Crippen molar-refractivity contribution < 1.29 is 14.5 Å². The van der Waals surface area contributed by atoms with Crippen LogP contribution in [0.15, 0.2) is 18.2 Å². The number of benzene rings is 1. The maximum atomic E-state index is 11.3. The maximum absolute atomic E-state index is 11.3. The molecular formula is C11H14Cl2N2O4. The third-order valence-corrected chi connectivity index (χ3v) is 2.63. The van der Waals surface area contributed by atoms with E-state index in [0.717, 1.165) is 0 Å². The van der Waals surface area contributed by atoms with Crippen molar-refractivity contribution in [2.24, 2.45) is 5.73 Å². The number of nitrogens with two attached hydrogens (primary N) is 1. The molecule has 0 aliphatic carbocycles. The number of nitrogens with zero attached hydrogens (tertiary/aromatic N) is 1. The molecule has 0 saturated heterocycles. The van der Waals surface area contributed by atoms with Crippen LogP contribution in [-0.2, 0) is 9.53 Å². The number of rotatable bonds is 5. The molecule has 1 atom stereocenters. The molecule has 0 aromatic heterocycles. The molecule has 0 aliphatic rings. The molecular weight excluding hydrogens is 295 g/mol. The van der Waals surface area contributed by atoms with Crippen molar-refractivity contribution in [2.45, 2.75) is 19.4 Å². The van der Waals surface area contributed by atoms with Crippen molar-refractivity contribution in [3.63, 3.8) is 0 Å². The fourth-order valence-corrected chi connectivity index (χ4v) is 1.70. The first-order valence-electron chi connectivity index (χ1n) is 5.30. The van der Waals surface area contributed by atoms with Crippen molar-refractivity contribution in [1.82, 2.24) is 0 Å². The Balaban J connectivity index is 0.00000324. The molecule has 0 radical (unpaired) electrons. The number of nitro groups is 1. The second-order valence-corrected chi connectivity index (χ2v) is 3.99. The topological polar surface area (TPSA) is 95.5 Å². The molecule has 1 aromatic carbocycles. The van der Waals surface area contributed by atoms with Crippen LogP contribution in [0.4, 0.5) is 5.69 Å². The quantitative estimate of drug-likeness (QED) is 0.512. The highest BCUT2D eigenvalue weighted by molar-refractivity contribution is 6.31. The standard InChI is InChI=1S/C11H13ClN2O4.ClH/c1-2-18-11(15)6-10(13)8-5-7(14(16)17)3-4-9(8)12;/h3-5,10H,2,6,13H2,1H3;1H/t10-;/m1./s1. The van der Waals surface area contributed by atoms with Crippen LogP contribution in [0.5, 0.6) is 0 Å². The highest BCUT2D eigenvalue weighted by Gasteiger charge is 2.18. The predicted molar refractivity (Wildman–Crippen MR) is 73.5 cm³/mol. The lowest BCUT2D eigenvalue weighted by atomic mass is 10.0. The fourth-order valence-electron chi connectivity index (χ4n) is 1.44. The summed E-state index contributed by atoms with van der Waals surface area (Å²) in [6.07, 6.45) is -0.0747. The highest BCUT2D eigenvalue weighted by Crippen LogP contribution is 2.27. The molecule has 0 bridgehead atoms. The minimum Gasteiger partial charge on any atom is -0.466 e. The summed E-state index contributed by atoms with van der Waals surface area (Å²) in [6, 6.07) is 3.21. The van der Waals surface area contributed by atoms with Crippen molar-refractivity contribution in [1.29, 1.82) is 0 Å². The van der Waals surface area contributed by atoms with Gasteiger partial charge in [-0.05, 0) is 18.6 Å². The van der Waals surface area contributed by atoms with Gasteiger partial charge in [0.05, 0.1) is 18.0 Å². The summed E-state index contributed by atoms with van der Waals surface area (Å²) in [6.45, 7) is 1.94. The number of nitro benzene ring substituents is 1. The van der Waals surface area contributed by atoms with Crippen molar-refractivity contribution >= 4 is 35.7 Å². The van der Waals surface area contributed by atoms with E-state index in [4.69, 9.17) is 22.1 Å². The van der Waals surface area contributed by atoms with Gasteiger partial charge in [0.2, 0.25) is 0 Å². The van der Waals surface area contributed by atoms with Gasteiger partial charge >= 0.3 is 5.97 Å². The van der Waals surface area contributed by atoms with Gasteiger partial charge in [-0.1, -0.05) is 11.6 Å². The molecule has 0 unspecified atom stereocenters. The summed E-state index contributed by atoms with van der Waals surface area (Å²) in [7, 11) is 0. The van der Waals surface area contributed by atoms with Gasteiger partial charge < -0.3 is 10.5 Å². The fraction of sp³-hybridized carbons (Fsp3) is 0.364. The van der Waals surface area contributed by atoms with E-state index in [1.54, 1.807) is 6.92 Å². The van der Waals surface area contributed by atoms with Crippen LogP contribution < -0.4 is 5.73 Å². The summed E-state index contributed by atoms with van der Waals surface area (Å²) in [5, 5.41) is 10.9. The number of ether oxygens (including phenoxy) is 1. The van der Waals surface area contributed by atoms with Crippen molar-refractivity contribution in [3.8, 4) is 0 Å². The Bertz CT molecular complexity index is 468. The SMILES string of the molecule is CCOC(=O)C[C@@H](N)c1cc([N+](=O)[O-])ccc1Cl.Cl. The Morgan fingerprint density at radius 1 is 1.58 bits per heavy atom. The van der Waals surface area contributed by atoms with Gasteiger partial charge in [-0.15, -0.1) is 12.4 Å². The molecule has 106 valence electrons. The first kappa shape index (κ1) is 17.6. The molecule has 8 heteroatoms. The van der Waals surface area contributed by atoms with Gasteiger partial charge in [0, 0.05) is 23.2 Å². The number of hydrogen-bond acceptors (Lipinski definition) is 5. The second-order valence-electron chi connectivity index (χ2n) is 3.58. The van der Waals surface area contributed by atoms with Crippen LogP contribution in [0.25, 0.3) is 0 Å². The molecule has 19 heavy (non-hydrogen) atoms. The molecule has 0 spiro atoms. The normalized spacial score (nSPS) is 11.3. The first-order valence-corrected chi connectivity index (χ1v) is 5.68. The minimum atomic E-state index is -0.726. The van der Waals surface area contributed by atoms with Crippen molar-refractivity contribution in [3.05, 3.63) is 38.9 Å². The largest absolute Gasteiger partial charge is 0.466 e. The Kier molecular flexibility index (Phi) is 7.36. The van der Waals surface area contributed by atoms with Gasteiger partial charge in [-0.3, -0.25) is 14.9 Å². The molecule has 1 aromatic rings. The predicted octanol–water partition coefficient (Wildman–Crippen LogP) is 2.62. The number of carbonyl (C=O) groups excluding carboxylic acids is 1. The molecule has 0 fully saturated rings. The number of non-ortho nitro benzene ring substituents is 1. The van der Waals surface area contributed by atoms with E-state index in [1.165, 1.54) is 18.2 Å². The average molecular weight is 309 g/mol. The lowest BCUT2D eigenvalue weighted by molar-refractivity contribution is -0.384. The van der Waals surface area contributed by atoms with Gasteiger partial charge in [-0.2, -0.15) is 0 Å². The molecule has 6 nitrogen and oxygen atoms in total. The van der Waals surface area contributed by atoms with E-state index in [2.05, 4.69) is 0 Å². The van der Waals surface area contributed by atoms with Crippen LogP contribution in [0.1, 0.15) is 24.9 Å². The Morgan fingerprint density at radius 2 is 2.21 bits per heavy atom. The van der Waals surface area contributed by atoms with E-state index in [0.29, 0.717) is 5.56 Å². The molecule has 0 amide bonds. The lowest BCUT2D eigenvalue weighted by Crippen LogP contribution is -2.17. The number of hydrogen-bond donors (Lipinski definition) is 1. The molecule has 2 N–H and O–H groups in total. The van der Waals surface area contributed by atoms with Gasteiger partial charge in [0.15, 0.2) is 0 Å². The van der Waals surface area contributed by atoms with Gasteiger partial charge in [-0.25, -0.2) is 0 Å². The van der Waals surface area contributed by atoms with Crippen LogP contribution in [0, 0.1) is 10.1 Å². The first-order chi connectivity index (χ1) is 8.45. The monoisotopic (exact) mass is 308 g/mol. The maximum Gasteiger partial charge on any atom is 0.307 e. The Hall–Kier alpha value is -1.37. The third-order valence-electron chi connectivity index (χ3n) is 2.28. The average Bonchev–Trinajstić information content (AvgIpc) is 2.29. The zero-order valence-corrected chi connectivity index (χ0v) is 11.7. The minimum absolute atomic E-state index is 0. The summed E-state index contributed by atoms with van der Waals surface area (Å²) in [5.41, 5.74) is 6.03. The van der Waals surface area contributed by atoms with E-state index >= 15 is 0 Å². The van der Waals surface area contributed by atoms with Crippen LogP contribution in [0.2, 0.25) is 5.02 Å². The molecule has 0 aliphatic heterocycles. The van der Waals surface area contributed by atoms with Gasteiger partial charge in [0.25, 0.3) is 5.69 Å². The van der Waals surface area contributed by atoms with Crippen LogP contribution >= 0.6 is 24.0 Å². The zero-order valence-electron chi connectivity index (χ0n) is 10.2. The Morgan fingerprint density at radius 3 is 2.74 bits per heavy atom. The summed E-state index contributed by atoms with van der Waals surface area (Å²) < 4.78 is 4.76. The smallest absolute Gasteiger partial charge is 0.307 e. The van der Waals surface area contributed by atoms with Gasteiger partial charge in [0.1, 0.15) is 0 Å². The van der Waals surface area contributed by atoms with E-state index in [1.807, 2.05) is 0 Å². The van der Waals surface area contributed by atoms with Crippen LogP contribution in [0.3, 0.4) is 0 Å². The second kappa shape index (κ2) is 7.93. The number of carbonyl (C=O) groups is 1. The molecule has 0 saturated carbocycles. The molecule has 0 heterocycles. The zero-order chi connectivity index (χ0) is 13.7. The Labute approximate surface area is 121 Å². The third kappa shape index (κ3) is 5.02. The number of halogens is 2. The summed E-state index contributed by atoms with van der Waals surface area (Å²) in [5.74, 6) is -0.465. The summed E-state index contributed by atoms with van der Waals surface area (Å²) >= 11 is 5.90. The highest BCUT2D eigenvalue weighted by atomic mass is 35.5. The van der Waals surface area contributed by atoms with Crippen molar-refractivity contribution in [2.75, 3.05) is 6.61 Å². The van der Waals surface area contributed by atoms with E-state index in [-0.39, 0.29) is 36.1 Å². The van der Waals surface area contributed by atoms with E-state index < -0.39 is 16.9 Å². The van der Waals surface area contributed by atoms with E-state index in [9.17, 15) is 14.9 Å². The molecule has 1 rings (SSSR count).